The number of amides is 1. The average Bonchev–Trinajstić information content (AvgIpc) is 3.17. The molecule has 5 heteroatoms. The molecule has 0 N–H and O–H groups in total. The van der Waals surface area contributed by atoms with Crippen LogP contribution in [0, 0.1) is 13.8 Å². The van der Waals surface area contributed by atoms with E-state index in [4.69, 9.17) is 4.74 Å². The number of nitrogens with zero attached hydrogens (tertiary/aromatic N) is 3. The van der Waals surface area contributed by atoms with Crippen molar-refractivity contribution in [1.29, 1.82) is 0 Å². The number of hydrogen-bond donors (Lipinski definition) is 0. The highest BCUT2D eigenvalue weighted by Crippen LogP contribution is 2.37. The molecule has 5 nitrogen and oxygen atoms in total. The normalized spacial score (nSPS) is 18.6. The summed E-state index contributed by atoms with van der Waals surface area (Å²) in [4.78, 5) is 15.3. The minimum absolute atomic E-state index is 0.0539. The second kappa shape index (κ2) is 7.40. The van der Waals surface area contributed by atoms with Gasteiger partial charge in [0.1, 0.15) is 0 Å². The van der Waals surface area contributed by atoms with Crippen molar-refractivity contribution in [2.24, 2.45) is 7.05 Å². The van der Waals surface area contributed by atoms with Crippen LogP contribution in [0.2, 0.25) is 0 Å². The minimum atomic E-state index is -0.538. The van der Waals surface area contributed by atoms with Gasteiger partial charge in [0.15, 0.2) is 6.10 Å². The van der Waals surface area contributed by atoms with E-state index in [-0.39, 0.29) is 11.9 Å². The molecule has 2 aromatic rings. The standard InChI is InChI=1S/C20H27N3O2/c1-5-25-19(16-10-7-6-8-11-16)20(24)23-13-9-12-17(23)18-14(2)21-22(4)15(18)3/h6-8,10-11,17,19H,5,9,12-13H2,1-4H3/t17-,19-/m0/s1. The number of carbonyl (C=O) groups excluding carboxylic acids is 1. The highest BCUT2D eigenvalue weighted by atomic mass is 16.5. The molecular weight excluding hydrogens is 314 g/mol. The lowest BCUT2D eigenvalue weighted by atomic mass is 10.0. The van der Waals surface area contributed by atoms with Gasteiger partial charge in [-0.3, -0.25) is 9.48 Å². The van der Waals surface area contributed by atoms with Crippen LogP contribution in [-0.2, 0) is 16.6 Å². The highest BCUT2D eigenvalue weighted by Gasteiger charge is 2.37. The number of rotatable bonds is 5. The van der Waals surface area contributed by atoms with Crippen LogP contribution in [0.25, 0.3) is 0 Å². The van der Waals surface area contributed by atoms with E-state index in [2.05, 4.69) is 12.0 Å². The third-order valence-corrected chi connectivity index (χ3v) is 5.09. The summed E-state index contributed by atoms with van der Waals surface area (Å²) >= 11 is 0. The third-order valence-electron chi connectivity index (χ3n) is 5.09. The van der Waals surface area contributed by atoms with Crippen molar-refractivity contribution in [3.8, 4) is 0 Å². The molecule has 1 saturated heterocycles. The lowest BCUT2D eigenvalue weighted by molar-refractivity contribution is -0.145. The lowest BCUT2D eigenvalue weighted by Crippen LogP contribution is -2.36. The smallest absolute Gasteiger partial charge is 0.256 e. The number of aryl methyl sites for hydroxylation is 2. The zero-order valence-corrected chi connectivity index (χ0v) is 15.5. The Labute approximate surface area is 149 Å². The van der Waals surface area contributed by atoms with Crippen LogP contribution in [-0.4, -0.2) is 33.7 Å². The van der Waals surface area contributed by atoms with E-state index in [1.807, 2.05) is 60.8 Å². The average molecular weight is 341 g/mol. The quantitative estimate of drug-likeness (QED) is 0.836. The van der Waals surface area contributed by atoms with Gasteiger partial charge in [-0.15, -0.1) is 0 Å². The van der Waals surface area contributed by atoms with Crippen molar-refractivity contribution < 1.29 is 9.53 Å². The predicted octanol–water partition coefficient (Wildman–Crippen LogP) is 3.48. The van der Waals surface area contributed by atoms with Gasteiger partial charge in [0, 0.05) is 31.5 Å². The van der Waals surface area contributed by atoms with Crippen LogP contribution in [0.5, 0.6) is 0 Å². The Bertz CT molecular complexity index is 739. The molecule has 1 amide bonds. The molecule has 1 aliphatic rings. The molecule has 1 aromatic carbocycles. The summed E-state index contributed by atoms with van der Waals surface area (Å²) in [5, 5.41) is 4.54. The van der Waals surface area contributed by atoms with E-state index in [9.17, 15) is 4.79 Å². The molecule has 2 atom stereocenters. The molecule has 134 valence electrons. The molecule has 1 aliphatic heterocycles. The fourth-order valence-electron chi connectivity index (χ4n) is 3.86. The third kappa shape index (κ3) is 3.33. The summed E-state index contributed by atoms with van der Waals surface area (Å²) in [6.07, 6.45) is 1.45. The van der Waals surface area contributed by atoms with Crippen LogP contribution < -0.4 is 0 Å². The van der Waals surface area contributed by atoms with E-state index in [1.165, 1.54) is 5.56 Å². The minimum Gasteiger partial charge on any atom is -0.364 e. The fourth-order valence-corrected chi connectivity index (χ4v) is 3.86. The topological polar surface area (TPSA) is 47.4 Å². The number of ether oxygens (including phenoxy) is 1. The summed E-state index contributed by atoms with van der Waals surface area (Å²) in [5.41, 5.74) is 4.25. The second-order valence-electron chi connectivity index (χ2n) is 6.64. The molecule has 2 heterocycles. The van der Waals surface area contributed by atoms with Crippen LogP contribution >= 0.6 is 0 Å². The van der Waals surface area contributed by atoms with Gasteiger partial charge < -0.3 is 9.64 Å². The van der Waals surface area contributed by atoms with E-state index in [0.29, 0.717) is 6.61 Å². The molecule has 0 spiro atoms. The Hall–Kier alpha value is -2.14. The number of hydrogen-bond acceptors (Lipinski definition) is 3. The first-order chi connectivity index (χ1) is 12.0. The molecule has 0 aliphatic carbocycles. The van der Waals surface area contributed by atoms with Crippen LogP contribution in [0.1, 0.15) is 54.4 Å². The predicted molar refractivity (Wildman–Crippen MR) is 97.2 cm³/mol. The van der Waals surface area contributed by atoms with Crippen molar-refractivity contribution in [3.05, 3.63) is 52.8 Å². The Morgan fingerprint density at radius 3 is 2.64 bits per heavy atom. The number of benzene rings is 1. The van der Waals surface area contributed by atoms with E-state index in [0.717, 1.165) is 36.3 Å². The largest absolute Gasteiger partial charge is 0.364 e. The lowest BCUT2D eigenvalue weighted by Gasteiger charge is -2.29. The van der Waals surface area contributed by atoms with E-state index < -0.39 is 6.10 Å². The first-order valence-corrected chi connectivity index (χ1v) is 9.01. The summed E-state index contributed by atoms with van der Waals surface area (Å²) in [7, 11) is 1.96. The zero-order chi connectivity index (χ0) is 18.0. The first kappa shape index (κ1) is 17.7. The van der Waals surface area contributed by atoms with Gasteiger partial charge >= 0.3 is 0 Å². The Balaban J connectivity index is 1.91. The van der Waals surface area contributed by atoms with Crippen LogP contribution in [0.3, 0.4) is 0 Å². The van der Waals surface area contributed by atoms with E-state index in [1.54, 1.807) is 0 Å². The molecule has 0 saturated carbocycles. The molecular formula is C20H27N3O2. The Morgan fingerprint density at radius 1 is 1.32 bits per heavy atom. The monoisotopic (exact) mass is 341 g/mol. The van der Waals surface area contributed by atoms with Gasteiger partial charge in [0.05, 0.1) is 11.7 Å². The summed E-state index contributed by atoms with van der Waals surface area (Å²) in [5.74, 6) is 0.0539. The zero-order valence-electron chi connectivity index (χ0n) is 15.5. The van der Waals surface area contributed by atoms with Crippen molar-refractivity contribution in [1.82, 2.24) is 14.7 Å². The molecule has 1 fully saturated rings. The molecule has 0 unspecified atom stereocenters. The summed E-state index contributed by atoms with van der Waals surface area (Å²) in [6.45, 7) is 7.32. The van der Waals surface area contributed by atoms with Gasteiger partial charge in [-0.25, -0.2) is 0 Å². The summed E-state index contributed by atoms with van der Waals surface area (Å²) in [6, 6.07) is 9.87. The number of aromatic nitrogens is 2. The molecule has 1 aromatic heterocycles. The number of likely N-dealkylation sites (tertiary alicyclic amines) is 1. The SMILES string of the molecule is CCO[C@H](C(=O)N1CCC[C@H]1c1c(C)nn(C)c1C)c1ccccc1. The maximum absolute atomic E-state index is 13.3. The fraction of sp³-hybridized carbons (Fsp3) is 0.500. The molecule has 0 bridgehead atoms. The van der Waals surface area contributed by atoms with Crippen molar-refractivity contribution in [2.45, 2.75) is 45.8 Å². The van der Waals surface area contributed by atoms with Gasteiger partial charge in [-0.2, -0.15) is 5.10 Å². The number of carbonyl (C=O) groups is 1. The van der Waals surface area contributed by atoms with Crippen molar-refractivity contribution >= 4 is 5.91 Å². The molecule has 0 radical (unpaired) electrons. The second-order valence-corrected chi connectivity index (χ2v) is 6.64. The molecule has 3 rings (SSSR count). The maximum atomic E-state index is 13.3. The Kier molecular flexibility index (Phi) is 5.23. The van der Waals surface area contributed by atoms with Gasteiger partial charge in [-0.05, 0) is 39.2 Å². The first-order valence-electron chi connectivity index (χ1n) is 9.01. The van der Waals surface area contributed by atoms with Gasteiger partial charge in [0.25, 0.3) is 5.91 Å². The highest BCUT2D eigenvalue weighted by molar-refractivity contribution is 5.83. The van der Waals surface area contributed by atoms with Crippen molar-refractivity contribution in [2.75, 3.05) is 13.2 Å². The Morgan fingerprint density at radius 2 is 2.04 bits per heavy atom. The van der Waals surface area contributed by atoms with Crippen LogP contribution in [0.4, 0.5) is 0 Å². The van der Waals surface area contributed by atoms with Gasteiger partial charge in [0.2, 0.25) is 0 Å². The van der Waals surface area contributed by atoms with Crippen LogP contribution in [0.15, 0.2) is 30.3 Å². The summed E-state index contributed by atoms with van der Waals surface area (Å²) < 4.78 is 7.75. The molecule has 25 heavy (non-hydrogen) atoms. The maximum Gasteiger partial charge on any atom is 0.256 e. The van der Waals surface area contributed by atoms with E-state index >= 15 is 0 Å². The van der Waals surface area contributed by atoms with Crippen molar-refractivity contribution in [3.63, 3.8) is 0 Å². The van der Waals surface area contributed by atoms with Gasteiger partial charge in [-0.1, -0.05) is 30.3 Å².